The van der Waals surface area contributed by atoms with Crippen molar-refractivity contribution in [3.05, 3.63) is 17.7 Å². The first-order valence-electron chi connectivity index (χ1n) is 4.30. The number of alkyl halides is 3. The number of nitrogens with zero attached hydrogens (tertiary/aromatic N) is 1. The quantitative estimate of drug-likeness (QED) is 0.808. The fraction of sp³-hybridized carbons (Fsp3) is 0.300. The van der Waals surface area contributed by atoms with Crippen molar-refractivity contribution in [3.8, 4) is 18.2 Å². The highest BCUT2D eigenvalue weighted by molar-refractivity contribution is 5.42. The number of hydrogen-bond acceptors (Lipinski definition) is 3. The number of anilines is 1. The second-order valence-corrected chi connectivity index (χ2v) is 2.82. The zero-order valence-corrected chi connectivity index (χ0v) is 8.43. The van der Waals surface area contributed by atoms with Crippen LogP contribution in [0.3, 0.4) is 0 Å². The molecule has 0 unspecified atom stereocenters. The third-order valence-corrected chi connectivity index (χ3v) is 1.69. The second kappa shape index (κ2) is 4.75. The number of ether oxygens (including phenoxy) is 1. The molecule has 0 atom stereocenters. The van der Waals surface area contributed by atoms with Crippen molar-refractivity contribution in [3.63, 3.8) is 0 Å². The van der Waals surface area contributed by atoms with Crippen LogP contribution in [0.5, 0.6) is 5.88 Å². The van der Waals surface area contributed by atoms with Crippen LogP contribution in [-0.4, -0.2) is 18.6 Å². The average molecular weight is 230 g/mol. The fourth-order valence-electron chi connectivity index (χ4n) is 0.987. The Labute approximate surface area is 90.6 Å². The lowest BCUT2D eigenvalue weighted by atomic mass is 10.2. The number of terminal acetylenes is 1. The fourth-order valence-corrected chi connectivity index (χ4v) is 0.987. The maximum absolute atomic E-state index is 12.5. The smallest absolute Gasteiger partial charge is 0.416 e. The minimum absolute atomic E-state index is 0.0712. The van der Waals surface area contributed by atoms with Crippen LogP contribution in [0.15, 0.2) is 12.1 Å². The number of nitrogens with one attached hydrogen (secondary N) is 1. The highest BCUT2D eigenvalue weighted by Crippen LogP contribution is 2.32. The van der Waals surface area contributed by atoms with Crippen molar-refractivity contribution in [2.24, 2.45) is 0 Å². The highest BCUT2D eigenvalue weighted by atomic mass is 19.4. The minimum Gasteiger partial charge on any atom is -0.464 e. The summed E-state index contributed by atoms with van der Waals surface area (Å²) in [6.07, 6.45) is 0.488. The van der Waals surface area contributed by atoms with Gasteiger partial charge in [0.1, 0.15) is 5.82 Å². The van der Waals surface area contributed by atoms with Gasteiger partial charge < -0.3 is 10.1 Å². The van der Waals surface area contributed by atoms with Crippen LogP contribution in [-0.2, 0) is 6.18 Å². The lowest BCUT2D eigenvalue weighted by Crippen LogP contribution is -2.08. The lowest BCUT2D eigenvalue weighted by Gasteiger charge is -2.10. The molecule has 1 heterocycles. The van der Waals surface area contributed by atoms with E-state index in [1.54, 1.807) is 0 Å². The first-order valence-corrected chi connectivity index (χ1v) is 4.30. The van der Waals surface area contributed by atoms with E-state index in [0.717, 1.165) is 12.1 Å². The topological polar surface area (TPSA) is 34.1 Å². The number of aromatic nitrogens is 1. The molecular formula is C10H9F3N2O. The van der Waals surface area contributed by atoms with Gasteiger partial charge in [-0.25, -0.2) is 0 Å². The number of rotatable bonds is 3. The zero-order chi connectivity index (χ0) is 12.2. The van der Waals surface area contributed by atoms with Crippen LogP contribution in [0.25, 0.3) is 0 Å². The van der Waals surface area contributed by atoms with Crippen molar-refractivity contribution in [1.82, 2.24) is 4.98 Å². The Morgan fingerprint density at radius 1 is 1.50 bits per heavy atom. The molecule has 86 valence electrons. The van der Waals surface area contributed by atoms with E-state index in [4.69, 9.17) is 11.2 Å². The van der Waals surface area contributed by atoms with Gasteiger partial charge in [-0.15, -0.1) is 6.42 Å². The molecule has 1 rings (SSSR count). The van der Waals surface area contributed by atoms with Crippen molar-refractivity contribution in [2.75, 3.05) is 19.0 Å². The maximum Gasteiger partial charge on any atom is 0.416 e. The summed E-state index contributed by atoms with van der Waals surface area (Å²) in [5.41, 5.74) is -0.834. The Morgan fingerprint density at radius 3 is 2.69 bits per heavy atom. The predicted octanol–water partition coefficient (Wildman–Crippen LogP) is 2.15. The largest absolute Gasteiger partial charge is 0.464 e. The molecule has 1 N–H and O–H groups in total. The molecule has 1 aromatic rings. The first kappa shape index (κ1) is 12.2. The zero-order valence-electron chi connectivity index (χ0n) is 8.43. The third kappa shape index (κ3) is 3.05. The van der Waals surface area contributed by atoms with E-state index in [2.05, 4.69) is 16.2 Å². The van der Waals surface area contributed by atoms with Crippen LogP contribution in [0.2, 0.25) is 0 Å². The van der Waals surface area contributed by atoms with Crippen LogP contribution < -0.4 is 10.1 Å². The van der Waals surface area contributed by atoms with Gasteiger partial charge in [0.15, 0.2) is 6.61 Å². The number of halogens is 3. The van der Waals surface area contributed by atoms with Crippen LogP contribution in [0.4, 0.5) is 19.0 Å². The minimum atomic E-state index is -4.44. The van der Waals surface area contributed by atoms with Crippen LogP contribution in [0.1, 0.15) is 5.56 Å². The Kier molecular flexibility index (Phi) is 3.61. The number of pyridine rings is 1. The predicted molar refractivity (Wildman–Crippen MR) is 53.1 cm³/mol. The molecule has 0 amide bonds. The molecule has 0 radical (unpaired) electrons. The van der Waals surface area contributed by atoms with Crippen LogP contribution >= 0.6 is 0 Å². The molecule has 1 aromatic heterocycles. The second-order valence-electron chi connectivity index (χ2n) is 2.82. The molecule has 0 spiro atoms. The van der Waals surface area contributed by atoms with Crippen molar-refractivity contribution in [2.45, 2.75) is 6.18 Å². The summed E-state index contributed by atoms with van der Waals surface area (Å²) in [4.78, 5) is 3.77. The van der Waals surface area contributed by atoms with E-state index >= 15 is 0 Å². The summed E-state index contributed by atoms with van der Waals surface area (Å²) < 4.78 is 42.2. The van der Waals surface area contributed by atoms with Crippen molar-refractivity contribution in [1.29, 1.82) is 0 Å². The van der Waals surface area contributed by atoms with Crippen molar-refractivity contribution >= 4 is 5.82 Å². The molecule has 6 heteroatoms. The lowest BCUT2D eigenvalue weighted by molar-refractivity contribution is -0.137. The third-order valence-electron chi connectivity index (χ3n) is 1.69. The van der Waals surface area contributed by atoms with E-state index in [0.29, 0.717) is 0 Å². The monoisotopic (exact) mass is 230 g/mol. The summed E-state index contributed by atoms with van der Waals surface area (Å²) in [6, 6.07) is 1.70. The average Bonchev–Trinajstić information content (AvgIpc) is 2.24. The summed E-state index contributed by atoms with van der Waals surface area (Å²) >= 11 is 0. The molecule has 3 nitrogen and oxygen atoms in total. The molecule has 0 saturated heterocycles. The van der Waals surface area contributed by atoms with Gasteiger partial charge >= 0.3 is 6.18 Å². The molecule has 0 aliphatic rings. The van der Waals surface area contributed by atoms with Crippen LogP contribution in [0, 0.1) is 12.3 Å². The molecule has 0 fully saturated rings. The van der Waals surface area contributed by atoms with Gasteiger partial charge in [-0.3, -0.25) is 0 Å². The Morgan fingerprint density at radius 2 is 2.19 bits per heavy atom. The Bertz CT molecular complexity index is 410. The van der Waals surface area contributed by atoms with Gasteiger partial charge in [0.25, 0.3) is 0 Å². The van der Waals surface area contributed by atoms with E-state index < -0.39 is 11.7 Å². The van der Waals surface area contributed by atoms with E-state index in [9.17, 15) is 13.2 Å². The number of hydrogen-bond donors (Lipinski definition) is 1. The van der Waals surface area contributed by atoms with Gasteiger partial charge in [-0.1, -0.05) is 5.92 Å². The highest BCUT2D eigenvalue weighted by Gasteiger charge is 2.31. The molecule has 16 heavy (non-hydrogen) atoms. The summed E-state index contributed by atoms with van der Waals surface area (Å²) in [5, 5.41) is 2.51. The molecule has 0 saturated carbocycles. The Hall–Kier alpha value is -1.90. The molecule has 0 bridgehead atoms. The SMILES string of the molecule is C#CCOc1cc(C(F)(F)F)cc(NC)n1. The van der Waals surface area contributed by atoms with Gasteiger partial charge in [0, 0.05) is 13.1 Å². The summed E-state index contributed by atoms with van der Waals surface area (Å²) in [6.45, 7) is -0.128. The van der Waals surface area contributed by atoms with Crippen molar-refractivity contribution < 1.29 is 17.9 Å². The van der Waals surface area contributed by atoms with E-state index in [1.807, 2.05) is 0 Å². The normalized spacial score (nSPS) is 10.7. The van der Waals surface area contributed by atoms with E-state index in [-0.39, 0.29) is 18.3 Å². The van der Waals surface area contributed by atoms with Gasteiger partial charge in [0.05, 0.1) is 5.56 Å². The Balaban J connectivity index is 3.07. The maximum atomic E-state index is 12.5. The standard InChI is InChI=1S/C10H9F3N2O/c1-3-4-16-9-6-7(10(11,12)13)5-8(14-2)15-9/h1,5-6H,4H2,2H3,(H,14,15). The summed E-state index contributed by atoms with van der Waals surface area (Å²) in [5.74, 6) is 2.06. The summed E-state index contributed by atoms with van der Waals surface area (Å²) in [7, 11) is 1.47. The van der Waals surface area contributed by atoms with E-state index in [1.165, 1.54) is 7.05 Å². The molecule has 0 aliphatic heterocycles. The molecular weight excluding hydrogens is 221 g/mol. The molecule has 0 aliphatic carbocycles. The van der Waals surface area contributed by atoms with Gasteiger partial charge in [-0.2, -0.15) is 18.2 Å². The first-order chi connectivity index (χ1) is 7.47. The van der Waals surface area contributed by atoms with Gasteiger partial charge in [-0.05, 0) is 6.07 Å². The van der Waals surface area contributed by atoms with Gasteiger partial charge in [0.2, 0.25) is 5.88 Å². The molecule has 0 aromatic carbocycles.